The summed E-state index contributed by atoms with van der Waals surface area (Å²) in [7, 11) is 0. The molecular weight excluding hydrogens is 362 g/mol. The summed E-state index contributed by atoms with van der Waals surface area (Å²) in [6.45, 7) is 0. The van der Waals surface area contributed by atoms with Crippen molar-refractivity contribution in [2.75, 3.05) is 0 Å². The van der Waals surface area contributed by atoms with Gasteiger partial charge in [0.15, 0.2) is 0 Å². The Bertz CT molecular complexity index is 626. The molecule has 0 radical (unpaired) electrons. The number of hydrogen-bond donors (Lipinski definition) is 2. The molecule has 0 atom stereocenters. The predicted molar refractivity (Wildman–Crippen MR) is 77.5 cm³/mol. The molecule has 2 aromatic carbocycles. The van der Waals surface area contributed by atoms with Crippen LogP contribution in [0.15, 0.2) is 45.3 Å². The van der Waals surface area contributed by atoms with Crippen LogP contribution in [0.3, 0.4) is 0 Å². The molecule has 0 aliphatic heterocycles. The Morgan fingerprint density at radius 1 is 1.11 bits per heavy atom. The van der Waals surface area contributed by atoms with Gasteiger partial charge in [-0.2, -0.15) is 0 Å². The van der Waals surface area contributed by atoms with E-state index in [-0.39, 0.29) is 5.75 Å². The standard InChI is InChI=1S/C13H9Br2NO2/c14-7-5-10(12(17)11(15)6-7)8-3-1-2-4-9(8)13(16)18/h1-6,17H,(H2,16,18). The number of phenolic OH excluding ortho intramolecular Hbond substituents is 1. The van der Waals surface area contributed by atoms with Crippen LogP contribution < -0.4 is 5.73 Å². The first-order chi connectivity index (χ1) is 8.50. The van der Waals surface area contributed by atoms with Crippen molar-refractivity contribution in [1.29, 1.82) is 0 Å². The molecule has 3 N–H and O–H groups in total. The van der Waals surface area contributed by atoms with E-state index in [0.717, 1.165) is 4.47 Å². The molecule has 0 saturated carbocycles. The average Bonchev–Trinajstić information content (AvgIpc) is 2.33. The molecule has 1 amide bonds. The van der Waals surface area contributed by atoms with Gasteiger partial charge in [0.05, 0.1) is 4.47 Å². The molecule has 0 unspecified atom stereocenters. The second-order valence-corrected chi connectivity index (χ2v) is 5.46. The van der Waals surface area contributed by atoms with E-state index in [0.29, 0.717) is 21.2 Å². The van der Waals surface area contributed by atoms with Crippen LogP contribution in [0.25, 0.3) is 11.1 Å². The Hall–Kier alpha value is -1.33. The highest BCUT2D eigenvalue weighted by atomic mass is 79.9. The van der Waals surface area contributed by atoms with E-state index in [4.69, 9.17) is 5.73 Å². The SMILES string of the molecule is NC(=O)c1ccccc1-c1cc(Br)cc(Br)c1O. The normalized spacial score (nSPS) is 10.3. The minimum Gasteiger partial charge on any atom is -0.506 e. The number of phenols is 1. The second-order valence-electron chi connectivity index (χ2n) is 3.69. The van der Waals surface area contributed by atoms with E-state index in [1.165, 1.54) is 0 Å². The fourth-order valence-corrected chi connectivity index (χ4v) is 2.93. The quantitative estimate of drug-likeness (QED) is 0.846. The average molecular weight is 371 g/mol. The zero-order valence-corrected chi connectivity index (χ0v) is 12.3. The maximum atomic E-state index is 11.4. The lowest BCUT2D eigenvalue weighted by Crippen LogP contribution is -2.12. The van der Waals surface area contributed by atoms with Crippen molar-refractivity contribution in [1.82, 2.24) is 0 Å². The third-order valence-electron chi connectivity index (χ3n) is 2.51. The maximum absolute atomic E-state index is 11.4. The molecule has 0 saturated heterocycles. The van der Waals surface area contributed by atoms with E-state index in [2.05, 4.69) is 31.9 Å². The van der Waals surface area contributed by atoms with Crippen molar-refractivity contribution >= 4 is 37.8 Å². The zero-order chi connectivity index (χ0) is 13.3. The van der Waals surface area contributed by atoms with Crippen molar-refractivity contribution in [3.63, 3.8) is 0 Å². The predicted octanol–water partition coefficient (Wildman–Crippen LogP) is 3.68. The van der Waals surface area contributed by atoms with Crippen LogP contribution in [-0.4, -0.2) is 11.0 Å². The minimum atomic E-state index is -0.527. The Kier molecular flexibility index (Phi) is 3.73. The van der Waals surface area contributed by atoms with Gasteiger partial charge < -0.3 is 10.8 Å². The van der Waals surface area contributed by atoms with E-state index in [1.54, 1.807) is 36.4 Å². The van der Waals surface area contributed by atoms with Crippen molar-refractivity contribution in [2.24, 2.45) is 5.73 Å². The number of primary amides is 1. The Morgan fingerprint density at radius 2 is 1.78 bits per heavy atom. The topological polar surface area (TPSA) is 63.3 Å². The molecule has 2 rings (SSSR count). The number of nitrogens with two attached hydrogens (primary N) is 1. The van der Waals surface area contributed by atoms with Gasteiger partial charge >= 0.3 is 0 Å². The third kappa shape index (κ3) is 2.42. The van der Waals surface area contributed by atoms with Gasteiger partial charge in [-0.1, -0.05) is 34.1 Å². The van der Waals surface area contributed by atoms with E-state index < -0.39 is 5.91 Å². The molecule has 2 aromatic rings. The molecule has 3 nitrogen and oxygen atoms in total. The molecule has 18 heavy (non-hydrogen) atoms. The Labute approximate surface area is 121 Å². The van der Waals surface area contributed by atoms with Crippen LogP contribution in [0, 0.1) is 0 Å². The number of aromatic hydroxyl groups is 1. The van der Waals surface area contributed by atoms with Crippen LogP contribution in [0.4, 0.5) is 0 Å². The summed E-state index contributed by atoms with van der Waals surface area (Å²) in [5.41, 5.74) is 6.86. The Morgan fingerprint density at radius 3 is 2.44 bits per heavy atom. The summed E-state index contributed by atoms with van der Waals surface area (Å²) >= 11 is 6.61. The lowest BCUT2D eigenvalue weighted by molar-refractivity contribution is 0.100. The Balaban J connectivity index is 2.73. The van der Waals surface area contributed by atoms with Crippen molar-refractivity contribution in [3.8, 4) is 16.9 Å². The van der Waals surface area contributed by atoms with Crippen LogP contribution in [0.5, 0.6) is 5.75 Å². The number of rotatable bonds is 2. The summed E-state index contributed by atoms with van der Waals surface area (Å²) in [5, 5.41) is 10.1. The van der Waals surface area contributed by atoms with Crippen molar-refractivity contribution in [2.45, 2.75) is 0 Å². The molecule has 0 spiro atoms. The lowest BCUT2D eigenvalue weighted by Gasteiger charge is -2.10. The number of carbonyl (C=O) groups is 1. The first-order valence-corrected chi connectivity index (χ1v) is 6.66. The van der Waals surface area contributed by atoms with Crippen molar-refractivity contribution in [3.05, 3.63) is 50.9 Å². The highest BCUT2D eigenvalue weighted by Crippen LogP contribution is 2.39. The minimum absolute atomic E-state index is 0.0758. The molecule has 0 aliphatic carbocycles. The summed E-state index contributed by atoms with van der Waals surface area (Å²) in [6.07, 6.45) is 0. The van der Waals surface area contributed by atoms with Crippen molar-refractivity contribution < 1.29 is 9.90 Å². The summed E-state index contributed by atoms with van der Waals surface area (Å²) in [4.78, 5) is 11.4. The first kappa shape index (κ1) is 13.1. The van der Waals surface area contributed by atoms with Gasteiger partial charge in [-0.15, -0.1) is 0 Å². The summed E-state index contributed by atoms with van der Waals surface area (Å²) < 4.78 is 1.34. The van der Waals surface area contributed by atoms with Gasteiger partial charge in [0.2, 0.25) is 5.91 Å². The number of carbonyl (C=O) groups excluding carboxylic acids is 1. The number of halogens is 2. The summed E-state index contributed by atoms with van der Waals surface area (Å²) in [5.74, 6) is -0.451. The third-order valence-corrected chi connectivity index (χ3v) is 3.57. The molecule has 0 aromatic heterocycles. The lowest BCUT2D eigenvalue weighted by atomic mass is 9.98. The van der Waals surface area contributed by atoms with E-state index in [9.17, 15) is 9.90 Å². The largest absolute Gasteiger partial charge is 0.506 e. The monoisotopic (exact) mass is 369 g/mol. The first-order valence-electron chi connectivity index (χ1n) is 5.08. The number of amides is 1. The molecule has 0 fully saturated rings. The van der Waals surface area contributed by atoms with Crippen LogP contribution in [-0.2, 0) is 0 Å². The molecular formula is C13H9Br2NO2. The van der Waals surface area contributed by atoms with Gasteiger partial charge in [0.25, 0.3) is 0 Å². The van der Waals surface area contributed by atoms with E-state index in [1.807, 2.05) is 0 Å². The number of hydrogen-bond acceptors (Lipinski definition) is 2. The highest BCUT2D eigenvalue weighted by molar-refractivity contribution is 9.11. The molecule has 0 aliphatic rings. The molecule has 5 heteroatoms. The van der Waals surface area contributed by atoms with Gasteiger partial charge in [0.1, 0.15) is 5.75 Å². The number of benzene rings is 2. The van der Waals surface area contributed by atoms with Crippen LogP contribution >= 0.6 is 31.9 Å². The molecule has 92 valence electrons. The van der Waals surface area contributed by atoms with Gasteiger partial charge in [-0.05, 0) is 39.7 Å². The summed E-state index contributed by atoms with van der Waals surface area (Å²) in [6, 6.07) is 10.4. The van der Waals surface area contributed by atoms with Crippen LogP contribution in [0.2, 0.25) is 0 Å². The van der Waals surface area contributed by atoms with Gasteiger partial charge in [-0.3, -0.25) is 4.79 Å². The highest BCUT2D eigenvalue weighted by Gasteiger charge is 2.15. The zero-order valence-electron chi connectivity index (χ0n) is 9.15. The second kappa shape index (κ2) is 5.12. The fourth-order valence-electron chi connectivity index (χ4n) is 1.70. The van der Waals surface area contributed by atoms with Crippen LogP contribution in [0.1, 0.15) is 10.4 Å². The maximum Gasteiger partial charge on any atom is 0.249 e. The van der Waals surface area contributed by atoms with E-state index >= 15 is 0 Å². The van der Waals surface area contributed by atoms with Gasteiger partial charge in [-0.25, -0.2) is 0 Å². The fraction of sp³-hybridized carbons (Fsp3) is 0. The molecule has 0 bridgehead atoms. The van der Waals surface area contributed by atoms with Gasteiger partial charge in [0, 0.05) is 15.6 Å². The smallest absolute Gasteiger partial charge is 0.249 e. The molecule has 0 heterocycles.